The first-order valence-corrected chi connectivity index (χ1v) is 5.55. The average molecular weight is 204 g/mol. The van der Waals surface area contributed by atoms with E-state index in [1.165, 1.54) is 24.0 Å². The smallest absolute Gasteiger partial charge is 0.119 e. The maximum atomic E-state index is 5.61. The Bertz CT molecular complexity index is 386. The Balaban J connectivity index is 2.06. The zero-order valence-corrected chi connectivity index (χ0v) is 9.19. The first-order chi connectivity index (χ1) is 7.35. The highest BCUT2D eigenvalue weighted by Crippen LogP contribution is 2.54. The van der Waals surface area contributed by atoms with Crippen LogP contribution in [0.25, 0.3) is 0 Å². The molecule has 0 N–H and O–H groups in total. The van der Waals surface area contributed by atoms with E-state index < -0.39 is 0 Å². The van der Waals surface area contributed by atoms with Crippen LogP contribution in [0.4, 0.5) is 0 Å². The van der Waals surface area contributed by atoms with E-state index in [0.29, 0.717) is 17.9 Å². The van der Waals surface area contributed by atoms with Gasteiger partial charge in [-0.1, -0.05) is 6.07 Å². The molecule has 2 aliphatic carbocycles. The quantitative estimate of drug-likeness (QED) is 0.737. The molecule has 0 spiro atoms. The third kappa shape index (κ3) is 1.14. The fourth-order valence-corrected chi connectivity index (χ4v) is 3.30. The molecular formula is C13H16O2. The number of methoxy groups -OCH3 is 2. The topological polar surface area (TPSA) is 18.5 Å². The van der Waals surface area contributed by atoms with Crippen molar-refractivity contribution in [2.75, 3.05) is 14.2 Å². The van der Waals surface area contributed by atoms with Crippen molar-refractivity contribution in [1.29, 1.82) is 0 Å². The van der Waals surface area contributed by atoms with Crippen molar-refractivity contribution in [3.05, 3.63) is 29.3 Å². The van der Waals surface area contributed by atoms with Crippen LogP contribution < -0.4 is 4.74 Å². The first-order valence-electron chi connectivity index (χ1n) is 5.55. The minimum absolute atomic E-state index is 0.409. The molecule has 1 aromatic rings. The standard InChI is InChI=1S/C13H16O2/c1-14-8-3-4-9-10-5-6-11(12(9)7-8)13(10)15-2/h3-4,7,10-11,13H,5-6H2,1-2H3. The SMILES string of the molecule is COc1ccc2c(c1)C1CCC2C1OC. The number of hydrogen-bond donors (Lipinski definition) is 0. The number of rotatable bonds is 2. The number of fused-ring (bicyclic) bond motifs is 5. The van der Waals surface area contributed by atoms with Gasteiger partial charge in [-0.2, -0.15) is 0 Å². The van der Waals surface area contributed by atoms with Gasteiger partial charge in [-0.25, -0.2) is 0 Å². The molecule has 2 nitrogen and oxygen atoms in total. The fourth-order valence-electron chi connectivity index (χ4n) is 3.30. The molecule has 3 unspecified atom stereocenters. The lowest BCUT2D eigenvalue weighted by Crippen LogP contribution is -2.12. The van der Waals surface area contributed by atoms with Gasteiger partial charge in [0.05, 0.1) is 13.2 Å². The Morgan fingerprint density at radius 2 is 1.80 bits per heavy atom. The normalized spacial score (nSPS) is 31.7. The molecule has 0 amide bonds. The summed E-state index contributed by atoms with van der Waals surface area (Å²) in [7, 11) is 3.56. The van der Waals surface area contributed by atoms with Gasteiger partial charge in [0.2, 0.25) is 0 Å². The molecule has 3 atom stereocenters. The van der Waals surface area contributed by atoms with Crippen molar-refractivity contribution in [3.8, 4) is 5.75 Å². The summed E-state index contributed by atoms with van der Waals surface area (Å²) in [6.07, 6.45) is 2.96. The van der Waals surface area contributed by atoms with E-state index in [9.17, 15) is 0 Å². The number of ether oxygens (including phenoxy) is 2. The molecule has 0 radical (unpaired) electrons. The van der Waals surface area contributed by atoms with Gasteiger partial charge < -0.3 is 9.47 Å². The van der Waals surface area contributed by atoms with Gasteiger partial charge in [0.1, 0.15) is 5.75 Å². The molecule has 15 heavy (non-hydrogen) atoms. The molecule has 2 aliphatic rings. The number of benzene rings is 1. The molecule has 80 valence electrons. The van der Waals surface area contributed by atoms with Crippen molar-refractivity contribution in [1.82, 2.24) is 0 Å². The first kappa shape index (κ1) is 9.22. The average Bonchev–Trinajstić information content (AvgIpc) is 2.83. The fraction of sp³-hybridized carbons (Fsp3) is 0.538. The van der Waals surface area contributed by atoms with E-state index in [-0.39, 0.29) is 0 Å². The summed E-state index contributed by atoms with van der Waals surface area (Å²) in [4.78, 5) is 0. The van der Waals surface area contributed by atoms with E-state index >= 15 is 0 Å². The summed E-state index contributed by atoms with van der Waals surface area (Å²) < 4.78 is 10.9. The lowest BCUT2D eigenvalue weighted by molar-refractivity contribution is 0.0910. The predicted molar refractivity (Wildman–Crippen MR) is 58.5 cm³/mol. The van der Waals surface area contributed by atoms with Gasteiger partial charge in [0.25, 0.3) is 0 Å². The summed E-state index contributed by atoms with van der Waals surface area (Å²) in [6.45, 7) is 0. The molecule has 2 bridgehead atoms. The molecular weight excluding hydrogens is 188 g/mol. The Morgan fingerprint density at radius 1 is 1.07 bits per heavy atom. The van der Waals surface area contributed by atoms with Crippen molar-refractivity contribution in [3.63, 3.8) is 0 Å². The van der Waals surface area contributed by atoms with Gasteiger partial charge in [-0.3, -0.25) is 0 Å². The summed E-state index contributed by atoms with van der Waals surface area (Å²) in [5.74, 6) is 2.20. The van der Waals surface area contributed by atoms with Crippen molar-refractivity contribution >= 4 is 0 Å². The third-order valence-corrected chi connectivity index (χ3v) is 3.95. The van der Waals surface area contributed by atoms with Gasteiger partial charge >= 0.3 is 0 Å². The molecule has 0 saturated heterocycles. The number of hydrogen-bond acceptors (Lipinski definition) is 2. The van der Waals surface area contributed by atoms with Crippen LogP contribution in [0, 0.1) is 0 Å². The van der Waals surface area contributed by atoms with Gasteiger partial charge in [0, 0.05) is 18.9 Å². The van der Waals surface area contributed by atoms with Crippen LogP contribution in [0.1, 0.15) is 35.8 Å². The highest BCUT2D eigenvalue weighted by atomic mass is 16.5. The maximum absolute atomic E-state index is 5.61. The molecule has 1 aromatic carbocycles. The van der Waals surface area contributed by atoms with E-state index in [0.717, 1.165) is 5.75 Å². The monoisotopic (exact) mass is 204 g/mol. The molecule has 0 aromatic heterocycles. The van der Waals surface area contributed by atoms with Crippen molar-refractivity contribution in [2.45, 2.75) is 30.8 Å². The zero-order valence-electron chi connectivity index (χ0n) is 9.19. The van der Waals surface area contributed by atoms with Crippen LogP contribution in [0.2, 0.25) is 0 Å². The van der Waals surface area contributed by atoms with E-state index in [1.54, 1.807) is 7.11 Å². The Labute approximate surface area is 90.2 Å². The molecule has 1 fully saturated rings. The third-order valence-electron chi connectivity index (χ3n) is 3.95. The summed E-state index contributed by atoms with van der Waals surface area (Å²) >= 11 is 0. The Hall–Kier alpha value is -1.02. The molecule has 0 heterocycles. The van der Waals surface area contributed by atoms with Crippen LogP contribution in [0.5, 0.6) is 5.75 Å². The van der Waals surface area contributed by atoms with E-state index in [4.69, 9.17) is 9.47 Å². The highest BCUT2D eigenvalue weighted by Gasteiger charge is 2.46. The van der Waals surface area contributed by atoms with Gasteiger partial charge in [0.15, 0.2) is 0 Å². The lowest BCUT2D eigenvalue weighted by Gasteiger charge is -2.14. The maximum Gasteiger partial charge on any atom is 0.119 e. The second kappa shape index (κ2) is 3.24. The van der Waals surface area contributed by atoms with Crippen LogP contribution in [-0.2, 0) is 4.74 Å². The van der Waals surface area contributed by atoms with E-state index in [2.05, 4.69) is 18.2 Å². The minimum Gasteiger partial charge on any atom is -0.497 e. The summed E-state index contributed by atoms with van der Waals surface area (Å²) in [5.41, 5.74) is 2.94. The highest BCUT2D eigenvalue weighted by molar-refractivity contribution is 5.47. The Morgan fingerprint density at radius 3 is 2.47 bits per heavy atom. The second-order valence-corrected chi connectivity index (χ2v) is 4.49. The predicted octanol–water partition coefficient (Wildman–Crippen LogP) is 2.68. The second-order valence-electron chi connectivity index (χ2n) is 4.49. The Kier molecular flexibility index (Phi) is 1.99. The molecule has 3 rings (SSSR count). The van der Waals surface area contributed by atoms with Crippen molar-refractivity contribution in [2.24, 2.45) is 0 Å². The summed E-state index contributed by atoms with van der Waals surface area (Å²) in [5, 5.41) is 0. The molecule has 2 heteroatoms. The minimum atomic E-state index is 0.409. The van der Waals surface area contributed by atoms with E-state index in [1.807, 2.05) is 7.11 Å². The van der Waals surface area contributed by atoms with Crippen LogP contribution in [-0.4, -0.2) is 20.3 Å². The van der Waals surface area contributed by atoms with Gasteiger partial charge in [-0.05, 0) is 36.1 Å². The van der Waals surface area contributed by atoms with Crippen LogP contribution >= 0.6 is 0 Å². The molecule has 0 aliphatic heterocycles. The largest absolute Gasteiger partial charge is 0.497 e. The van der Waals surface area contributed by atoms with Crippen LogP contribution in [0.15, 0.2) is 18.2 Å². The zero-order chi connectivity index (χ0) is 10.4. The van der Waals surface area contributed by atoms with Crippen LogP contribution in [0.3, 0.4) is 0 Å². The summed E-state index contributed by atoms with van der Waals surface area (Å²) in [6, 6.07) is 6.46. The molecule has 1 saturated carbocycles. The van der Waals surface area contributed by atoms with Crippen molar-refractivity contribution < 1.29 is 9.47 Å². The van der Waals surface area contributed by atoms with Gasteiger partial charge in [-0.15, -0.1) is 0 Å². The lowest BCUT2D eigenvalue weighted by atomic mass is 9.92.